The molecule has 17 heavy (non-hydrogen) atoms. The van der Waals surface area contributed by atoms with E-state index in [4.69, 9.17) is 9.47 Å². The summed E-state index contributed by atoms with van der Waals surface area (Å²) in [5, 5.41) is 0. The zero-order valence-corrected chi connectivity index (χ0v) is 9.85. The number of carbonyl (C=O) groups excluding carboxylic acids is 2. The molecule has 1 aliphatic rings. The lowest BCUT2D eigenvalue weighted by molar-refractivity contribution is -0.586. The third kappa shape index (κ3) is 4.04. The molecule has 0 amide bonds. The highest BCUT2D eigenvalue weighted by molar-refractivity contribution is 5.81. The van der Waals surface area contributed by atoms with Crippen LogP contribution < -0.4 is 0 Å². The molecule has 1 rings (SSSR count). The van der Waals surface area contributed by atoms with Crippen LogP contribution in [0.2, 0.25) is 0 Å². The number of carbonyl (C=O) groups is 2. The molecule has 1 fully saturated rings. The van der Waals surface area contributed by atoms with Crippen LogP contribution in [0.25, 0.3) is 0 Å². The molecule has 0 spiro atoms. The fourth-order valence-corrected chi connectivity index (χ4v) is 0.862. The van der Waals surface area contributed by atoms with Gasteiger partial charge < -0.3 is 14.2 Å². The summed E-state index contributed by atoms with van der Waals surface area (Å²) in [4.78, 5) is 31.2. The van der Waals surface area contributed by atoms with Gasteiger partial charge in [0.2, 0.25) is 0 Å². The molecule has 96 valence electrons. The molecular weight excluding hydrogens is 232 g/mol. The zero-order valence-electron chi connectivity index (χ0n) is 9.85. The molecule has 1 saturated heterocycles. The lowest BCUT2D eigenvalue weighted by Gasteiger charge is -2.35. The molecule has 0 aliphatic carbocycles. The minimum absolute atomic E-state index is 0.230. The molecule has 0 radical (unpaired) electrons. The largest absolute Gasteiger partial charge is 0.514 e. The van der Waals surface area contributed by atoms with Gasteiger partial charge in [0.1, 0.15) is 5.60 Å². The number of rotatable bonds is 3. The van der Waals surface area contributed by atoms with Crippen molar-refractivity contribution < 1.29 is 33.6 Å². The second-order valence-electron chi connectivity index (χ2n) is 4.22. The molecule has 1 aliphatic heterocycles. The Labute approximate surface area is 98.1 Å². The highest BCUT2D eigenvalue weighted by atomic mass is 17.3. The second-order valence-corrected chi connectivity index (χ2v) is 4.22. The molecule has 7 heteroatoms. The molecule has 1 atom stereocenters. The molecule has 7 nitrogen and oxygen atoms in total. The van der Waals surface area contributed by atoms with Gasteiger partial charge >= 0.3 is 18.1 Å². The van der Waals surface area contributed by atoms with Gasteiger partial charge in [-0.05, 0) is 20.8 Å². The van der Waals surface area contributed by atoms with Gasteiger partial charge in [0.05, 0.1) is 0 Å². The van der Waals surface area contributed by atoms with Crippen LogP contribution in [0.5, 0.6) is 0 Å². The first kappa shape index (κ1) is 13.5. The number of hydrogen-bond acceptors (Lipinski definition) is 7. The second kappa shape index (κ2) is 4.72. The Morgan fingerprint density at radius 3 is 2.29 bits per heavy atom. The molecule has 0 saturated carbocycles. The van der Waals surface area contributed by atoms with E-state index < -0.39 is 23.7 Å². The average molecular weight is 246 g/mol. The quantitative estimate of drug-likeness (QED) is 0.321. The van der Waals surface area contributed by atoms with Gasteiger partial charge in [0, 0.05) is 6.08 Å². The standard InChI is InChI=1S/C10H14O7/c1-5-7(11)14-10(6-13-17-10)16-8(12)15-9(2,3)4/h5H,1,6H2,2-4H3. The highest BCUT2D eigenvalue weighted by Crippen LogP contribution is 2.27. The minimum atomic E-state index is -1.88. The first-order valence-corrected chi connectivity index (χ1v) is 4.84. The Bertz CT molecular complexity index is 324. The first-order chi connectivity index (χ1) is 7.76. The summed E-state index contributed by atoms with van der Waals surface area (Å²) in [6.45, 7) is 7.95. The Hall–Kier alpha value is -1.60. The molecule has 0 N–H and O–H groups in total. The van der Waals surface area contributed by atoms with Crippen LogP contribution >= 0.6 is 0 Å². The average Bonchev–Trinajstić information content (AvgIpc) is 2.10. The molecule has 0 aromatic carbocycles. The van der Waals surface area contributed by atoms with Crippen molar-refractivity contribution in [3.8, 4) is 0 Å². The van der Waals surface area contributed by atoms with Crippen LogP contribution in [0.1, 0.15) is 20.8 Å². The summed E-state index contributed by atoms with van der Waals surface area (Å²) in [6, 6.07) is 0. The topological polar surface area (TPSA) is 80.3 Å². The monoisotopic (exact) mass is 246 g/mol. The van der Waals surface area contributed by atoms with Gasteiger partial charge in [-0.2, -0.15) is 0 Å². The van der Waals surface area contributed by atoms with Crippen LogP contribution in [-0.2, 0) is 28.8 Å². The highest BCUT2D eigenvalue weighted by Gasteiger charge is 2.51. The van der Waals surface area contributed by atoms with Crippen molar-refractivity contribution in [2.45, 2.75) is 32.3 Å². The summed E-state index contributed by atoms with van der Waals surface area (Å²) in [5.74, 6) is -2.69. The van der Waals surface area contributed by atoms with Crippen LogP contribution in [0.15, 0.2) is 12.7 Å². The molecule has 0 aromatic heterocycles. The number of hydrogen-bond donors (Lipinski definition) is 0. The number of esters is 1. The van der Waals surface area contributed by atoms with Gasteiger partial charge in [-0.3, -0.25) is 0 Å². The van der Waals surface area contributed by atoms with Crippen LogP contribution in [-0.4, -0.2) is 30.3 Å². The van der Waals surface area contributed by atoms with Gasteiger partial charge in [-0.25, -0.2) is 14.5 Å². The summed E-state index contributed by atoms with van der Waals surface area (Å²) in [7, 11) is 0. The van der Waals surface area contributed by atoms with Crippen molar-refractivity contribution in [3.05, 3.63) is 12.7 Å². The van der Waals surface area contributed by atoms with E-state index in [2.05, 4.69) is 21.1 Å². The van der Waals surface area contributed by atoms with E-state index in [9.17, 15) is 9.59 Å². The Morgan fingerprint density at radius 1 is 1.35 bits per heavy atom. The van der Waals surface area contributed by atoms with E-state index in [1.54, 1.807) is 20.8 Å². The van der Waals surface area contributed by atoms with Crippen LogP contribution in [0.3, 0.4) is 0 Å². The van der Waals surface area contributed by atoms with Gasteiger partial charge in [-0.1, -0.05) is 6.58 Å². The maximum absolute atomic E-state index is 11.3. The Kier molecular flexibility index (Phi) is 3.74. The summed E-state index contributed by atoms with van der Waals surface area (Å²) in [6.07, 6.45) is -0.125. The SMILES string of the molecule is C=CC(=O)OC1(OC(=O)OC(C)(C)C)COO1. The zero-order chi connectivity index (χ0) is 13.1. The summed E-state index contributed by atoms with van der Waals surface area (Å²) < 4.78 is 14.3. The molecule has 1 unspecified atom stereocenters. The van der Waals surface area contributed by atoms with Crippen molar-refractivity contribution in [2.24, 2.45) is 0 Å². The van der Waals surface area contributed by atoms with E-state index in [-0.39, 0.29) is 6.61 Å². The normalized spacial score (nSPS) is 23.2. The smallest absolute Gasteiger partial charge is 0.428 e. The van der Waals surface area contributed by atoms with E-state index >= 15 is 0 Å². The maximum Gasteiger partial charge on any atom is 0.514 e. The summed E-state index contributed by atoms with van der Waals surface area (Å²) in [5.41, 5.74) is -0.731. The first-order valence-electron chi connectivity index (χ1n) is 4.84. The lowest BCUT2D eigenvalue weighted by Crippen LogP contribution is -2.54. The molecule has 0 bridgehead atoms. The predicted molar refractivity (Wildman–Crippen MR) is 53.4 cm³/mol. The fourth-order valence-electron chi connectivity index (χ4n) is 0.862. The lowest BCUT2D eigenvalue weighted by atomic mass is 10.2. The van der Waals surface area contributed by atoms with E-state index in [1.807, 2.05) is 0 Å². The molecule has 0 aromatic rings. The van der Waals surface area contributed by atoms with Gasteiger partial charge in [-0.15, -0.1) is 4.89 Å². The Morgan fingerprint density at radius 2 is 1.94 bits per heavy atom. The van der Waals surface area contributed by atoms with E-state index in [1.165, 1.54) is 0 Å². The third-order valence-electron chi connectivity index (χ3n) is 1.47. The molecular formula is C10H14O7. The predicted octanol–water partition coefficient (Wildman–Crippen LogP) is 1.28. The van der Waals surface area contributed by atoms with E-state index in [0.717, 1.165) is 6.08 Å². The van der Waals surface area contributed by atoms with Crippen molar-refractivity contribution in [3.63, 3.8) is 0 Å². The van der Waals surface area contributed by atoms with E-state index in [0.29, 0.717) is 0 Å². The van der Waals surface area contributed by atoms with Crippen molar-refractivity contribution in [2.75, 3.05) is 6.61 Å². The number of ether oxygens (including phenoxy) is 3. The minimum Gasteiger partial charge on any atom is -0.428 e. The summed E-state index contributed by atoms with van der Waals surface area (Å²) >= 11 is 0. The van der Waals surface area contributed by atoms with Gasteiger partial charge in [0.15, 0.2) is 6.61 Å². The Balaban J connectivity index is 2.54. The van der Waals surface area contributed by atoms with Crippen molar-refractivity contribution in [1.29, 1.82) is 0 Å². The van der Waals surface area contributed by atoms with Gasteiger partial charge in [0.25, 0.3) is 0 Å². The molecule has 1 heterocycles. The van der Waals surface area contributed by atoms with Crippen LogP contribution in [0.4, 0.5) is 4.79 Å². The van der Waals surface area contributed by atoms with Crippen LogP contribution in [0, 0.1) is 0 Å². The fraction of sp³-hybridized carbons (Fsp3) is 0.600. The van der Waals surface area contributed by atoms with Crippen molar-refractivity contribution in [1.82, 2.24) is 0 Å². The maximum atomic E-state index is 11.3. The van der Waals surface area contributed by atoms with Crippen molar-refractivity contribution >= 4 is 12.1 Å². The third-order valence-corrected chi connectivity index (χ3v) is 1.47.